The van der Waals surface area contributed by atoms with Crippen LogP contribution in [0.4, 0.5) is 0 Å². The fourth-order valence-corrected chi connectivity index (χ4v) is 2.66. The Hall–Kier alpha value is -0.910. The second kappa shape index (κ2) is 6.50. The smallest absolute Gasteiger partial charge is 0.0911 e. The number of hydrogen-bond acceptors (Lipinski definition) is 4. The number of likely N-dealkylation sites (N-methyl/N-ethyl adjacent to an activating group) is 1. The lowest BCUT2D eigenvalue weighted by atomic mass is 10.0. The summed E-state index contributed by atoms with van der Waals surface area (Å²) in [6, 6.07) is 2.87. The SMILES string of the molecule is CCn1nccc1C1C(CNC(C)C)OCCN1C. The number of aromatic nitrogens is 2. The van der Waals surface area contributed by atoms with Crippen LogP contribution >= 0.6 is 0 Å². The molecular formula is C14H26N4O. The van der Waals surface area contributed by atoms with Crippen molar-refractivity contribution in [1.29, 1.82) is 0 Å². The Bertz CT molecular complexity index is 391. The molecule has 1 saturated heterocycles. The molecule has 1 aromatic rings. The van der Waals surface area contributed by atoms with Crippen molar-refractivity contribution >= 4 is 0 Å². The van der Waals surface area contributed by atoms with Gasteiger partial charge in [0.1, 0.15) is 0 Å². The van der Waals surface area contributed by atoms with Crippen molar-refractivity contribution in [3.05, 3.63) is 18.0 Å². The average molecular weight is 266 g/mol. The number of hydrogen-bond donors (Lipinski definition) is 1. The number of aryl methyl sites for hydroxylation is 1. The zero-order chi connectivity index (χ0) is 13.8. The summed E-state index contributed by atoms with van der Waals surface area (Å²) in [6.07, 6.45) is 2.07. The van der Waals surface area contributed by atoms with Gasteiger partial charge < -0.3 is 10.1 Å². The second-order valence-corrected chi connectivity index (χ2v) is 5.47. The molecular weight excluding hydrogens is 240 g/mol. The summed E-state index contributed by atoms with van der Waals surface area (Å²) in [7, 11) is 2.17. The van der Waals surface area contributed by atoms with Crippen molar-refractivity contribution in [3.63, 3.8) is 0 Å². The molecule has 108 valence electrons. The summed E-state index contributed by atoms with van der Waals surface area (Å²) in [4.78, 5) is 2.37. The number of morpholine rings is 1. The lowest BCUT2D eigenvalue weighted by Crippen LogP contribution is -2.49. The van der Waals surface area contributed by atoms with Crippen molar-refractivity contribution in [1.82, 2.24) is 20.0 Å². The molecule has 1 aliphatic heterocycles. The van der Waals surface area contributed by atoms with E-state index >= 15 is 0 Å². The van der Waals surface area contributed by atoms with Crippen LogP contribution in [0.25, 0.3) is 0 Å². The summed E-state index contributed by atoms with van der Waals surface area (Å²) in [5.74, 6) is 0. The standard InChI is InChI=1S/C14H26N4O/c1-5-18-12(6-7-16-18)14-13(10-15-11(2)3)19-9-8-17(14)4/h6-7,11,13-15H,5,8-10H2,1-4H3. The molecule has 0 spiro atoms. The Morgan fingerprint density at radius 3 is 3.00 bits per heavy atom. The highest BCUT2D eigenvalue weighted by atomic mass is 16.5. The normalized spacial score (nSPS) is 25.1. The molecule has 1 aromatic heterocycles. The van der Waals surface area contributed by atoms with Crippen molar-refractivity contribution in [2.75, 3.05) is 26.7 Å². The van der Waals surface area contributed by atoms with Crippen LogP contribution in [0.2, 0.25) is 0 Å². The number of nitrogens with one attached hydrogen (secondary N) is 1. The van der Waals surface area contributed by atoms with E-state index in [1.165, 1.54) is 5.69 Å². The molecule has 0 aromatic carbocycles. The average Bonchev–Trinajstić information content (AvgIpc) is 2.84. The Balaban J connectivity index is 2.16. The summed E-state index contributed by atoms with van der Waals surface area (Å²) < 4.78 is 8.06. The molecule has 5 nitrogen and oxygen atoms in total. The van der Waals surface area contributed by atoms with E-state index in [9.17, 15) is 0 Å². The molecule has 5 heteroatoms. The summed E-state index contributed by atoms with van der Waals surface area (Å²) in [5.41, 5.74) is 1.25. The monoisotopic (exact) mass is 266 g/mol. The van der Waals surface area contributed by atoms with Crippen LogP contribution in [0.3, 0.4) is 0 Å². The molecule has 19 heavy (non-hydrogen) atoms. The highest BCUT2D eigenvalue weighted by Crippen LogP contribution is 2.28. The molecule has 0 amide bonds. The first-order chi connectivity index (χ1) is 9.13. The van der Waals surface area contributed by atoms with Gasteiger partial charge in [-0.2, -0.15) is 5.10 Å². The largest absolute Gasteiger partial charge is 0.374 e. The molecule has 2 rings (SSSR count). The molecule has 1 fully saturated rings. The molecule has 2 heterocycles. The number of ether oxygens (including phenoxy) is 1. The maximum Gasteiger partial charge on any atom is 0.0911 e. The maximum atomic E-state index is 5.99. The predicted molar refractivity (Wildman–Crippen MR) is 76.2 cm³/mol. The van der Waals surface area contributed by atoms with Crippen molar-refractivity contribution in [3.8, 4) is 0 Å². The van der Waals surface area contributed by atoms with Gasteiger partial charge in [0, 0.05) is 31.9 Å². The quantitative estimate of drug-likeness (QED) is 0.871. The predicted octanol–water partition coefficient (Wildman–Crippen LogP) is 1.27. The summed E-state index contributed by atoms with van der Waals surface area (Å²) in [5, 5.41) is 7.87. The van der Waals surface area contributed by atoms with E-state index in [-0.39, 0.29) is 12.1 Å². The van der Waals surface area contributed by atoms with E-state index in [0.717, 1.165) is 26.2 Å². The van der Waals surface area contributed by atoms with E-state index in [4.69, 9.17) is 4.74 Å². The van der Waals surface area contributed by atoms with Crippen molar-refractivity contribution < 1.29 is 4.74 Å². The van der Waals surface area contributed by atoms with Crippen molar-refractivity contribution in [2.24, 2.45) is 0 Å². The third-order valence-corrected chi connectivity index (χ3v) is 3.68. The Morgan fingerprint density at radius 1 is 1.53 bits per heavy atom. The minimum absolute atomic E-state index is 0.183. The van der Waals surface area contributed by atoms with Gasteiger partial charge in [-0.1, -0.05) is 13.8 Å². The van der Waals surface area contributed by atoms with Crippen LogP contribution in [0.15, 0.2) is 12.3 Å². The van der Waals surface area contributed by atoms with E-state index in [0.29, 0.717) is 6.04 Å². The molecule has 0 saturated carbocycles. The van der Waals surface area contributed by atoms with Crippen LogP contribution in [0.1, 0.15) is 32.5 Å². The highest BCUT2D eigenvalue weighted by molar-refractivity contribution is 5.11. The number of rotatable bonds is 5. The molecule has 1 aliphatic rings. The summed E-state index contributed by atoms with van der Waals surface area (Å²) in [6.45, 7) is 10.0. The van der Waals surface area contributed by atoms with Gasteiger partial charge >= 0.3 is 0 Å². The molecule has 0 radical (unpaired) electrons. The first kappa shape index (κ1) is 14.5. The van der Waals surface area contributed by atoms with Gasteiger partial charge in [-0.3, -0.25) is 9.58 Å². The zero-order valence-electron chi connectivity index (χ0n) is 12.5. The van der Waals surface area contributed by atoms with E-state index in [1.54, 1.807) is 0 Å². The first-order valence-corrected chi connectivity index (χ1v) is 7.20. The maximum absolute atomic E-state index is 5.99. The van der Waals surface area contributed by atoms with Gasteiger partial charge in [0.15, 0.2) is 0 Å². The van der Waals surface area contributed by atoms with E-state index < -0.39 is 0 Å². The minimum atomic E-state index is 0.183. The summed E-state index contributed by atoms with van der Waals surface area (Å²) >= 11 is 0. The Labute approximate surface area is 115 Å². The zero-order valence-corrected chi connectivity index (χ0v) is 12.5. The molecule has 1 N–H and O–H groups in total. The van der Waals surface area contributed by atoms with Crippen molar-refractivity contribution in [2.45, 2.75) is 45.5 Å². The lowest BCUT2D eigenvalue weighted by Gasteiger charge is -2.39. The van der Waals surface area contributed by atoms with Gasteiger partial charge in [-0.25, -0.2) is 0 Å². The molecule has 2 unspecified atom stereocenters. The van der Waals surface area contributed by atoms with Gasteiger partial charge in [0.25, 0.3) is 0 Å². The molecule has 0 bridgehead atoms. The Morgan fingerprint density at radius 2 is 2.32 bits per heavy atom. The third-order valence-electron chi connectivity index (χ3n) is 3.68. The van der Waals surface area contributed by atoms with E-state index in [2.05, 4.69) is 53.9 Å². The number of nitrogens with zero attached hydrogens (tertiary/aromatic N) is 3. The van der Waals surface area contributed by atoms with E-state index in [1.807, 2.05) is 6.20 Å². The van der Waals surface area contributed by atoms with Crippen LogP contribution in [-0.4, -0.2) is 53.6 Å². The van der Waals surface area contributed by atoms with Crippen LogP contribution in [0, 0.1) is 0 Å². The lowest BCUT2D eigenvalue weighted by molar-refractivity contribution is -0.0646. The Kier molecular flexibility index (Phi) is 4.96. The topological polar surface area (TPSA) is 42.3 Å². The highest BCUT2D eigenvalue weighted by Gasteiger charge is 2.33. The fraction of sp³-hybridized carbons (Fsp3) is 0.786. The van der Waals surface area contributed by atoms with Crippen LogP contribution in [-0.2, 0) is 11.3 Å². The fourth-order valence-electron chi connectivity index (χ4n) is 2.66. The van der Waals surface area contributed by atoms with Crippen LogP contribution < -0.4 is 5.32 Å². The molecule has 0 aliphatic carbocycles. The minimum Gasteiger partial charge on any atom is -0.374 e. The third kappa shape index (κ3) is 3.35. The van der Waals surface area contributed by atoms with Gasteiger partial charge in [-0.15, -0.1) is 0 Å². The van der Waals surface area contributed by atoms with Gasteiger partial charge in [0.2, 0.25) is 0 Å². The van der Waals surface area contributed by atoms with Crippen LogP contribution in [0.5, 0.6) is 0 Å². The van der Waals surface area contributed by atoms with Gasteiger partial charge in [-0.05, 0) is 20.0 Å². The molecule has 2 atom stereocenters. The first-order valence-electron chi connectivity index (χ1n) is 7.20. The second-order valence-electron chi connectivity index (χ2n) is 5.47. The van der Waals surface area contributed by atoms with Gasteiger partial charge in [0.05, 0.1) is 24.4 Å².